The van der Waals surface area contributed by atoms with Gasteiger partial charge in [-0.3, -0.25) is 4.98 Å². The van der Waals surface area contributed by atoms with Crippen LogP contribution >= 0.6 is 11.8 Å². The first kappa shape index (κ1) is 12.5. The van der Waals surface area contributed by atoms with Gasteiger partial charge in [-0.1, -0.05) is 18.3 Å². The summed E-state index contributed by atoms with van der Waals surface area (Å²) < 4.78 is 0. The number of nitriles is 1. The minimum atomic E-state index is 0.621. The number of thioether (sulfide) groups is 1. The zero-order chi connectivity index (χ0) is 13.9. The maximum Gasteiger partial charge on any atom is 0.143 e. The number of aromatic nitrogens is 3. The lowest BCUT2D eigenvalue weighted by Crippen LogP contribution is -1.86. The van der Waals surface area contributed by atoms with E-state index in [0.29, 0.717) is 5.56 Å². The molecule has 0 bridgehead atoms. The molecule has 0 radical (unpaired) electrons. The van der Waals surface area contributed by atoms with Gasteiger partial charge in [0.1, 0.15) is 5.82 Å². The highest BCUT2D eigenvalue weighted by Gasteiger charge is 2.08. The highest BCUT2D eigenvalue weighted by molar-refractivity contribution is 8.08. The van der Waals surface area contributed by atoms with E-state index in [9.17, 15) is 0 Å². The van der Waals surface area contributed by atoms with E-state index < -0.39 is 0 Å². The van der Waals surface area contributed by atoms with E-state index in [1.54, 1.807) is 24.7 Å². The third kappa shape index (κ3) is 2.29. The predicted molar refractivity (Wildman–Crippen MR) is 79.9 cm³/mol. The average Bonchev–Trinajstić information content (AvgIpc) is 3.01. The maximum atomic E-state index is 9.01. The molecule has 0 fully saturated rings. The Morgan fingerprint density at radius 3 is 2.90 bits per heavy atom. The van der Waals surface area contributed by atoms with Crippen molar-refractivity contribution in [2.24, 2.45) is 0 Å². The molecule has 0 saturated carbocycles. The van der Waals surface area contributed by atoms with Gasteiger partial charge in [-0.15, -0.1) is 0 Å². The molecule has 2 heterocycles. The Kier molecular flexibility index (Phi) is 3.23. The fraction of sp³-hybridized carbons (Fsp3) is 0. The third-order valence-corrected chi connectivity index (χ3v) is 3.84. The van der Waals surface area contributed by atoms with Gasteiger partial charge in [-0.2, -0.15) is 5.26 Å². The molecule has 0 unspecified atom stereocenters. The lowest BCUT2D eigenvalue weighted by molar-refractivity contribution is 1.26. The second-order valence-corrected chi connectivity index (χ2v) is 5.25. The zero-order valence-corrected chi connectivity index (χ0v) is 11.3. The number of nitrogens with one attached hydrogen (secondary N) is 1. The van der Waals surface area contributed by atoms with Crippen LogP contribution < -0.4 is 0 Å². The molecule has 96 valence electrons. The van der Waals surface area contributed by atoms with Gasteiger partial charge < -0.3 is 4.98 Å². The van der Waals surface area contributed by atoms with E-state index in [4.69, 9.17) is 5.26 Å². The SMILES string of the molecule is C=C(Sc1ccnc2ccc(C#N)cc12)c1ncc[nH]1. The summed E-state index contributed by atoms with van der Waals surface area (Å²) in [6.07, 6.45) is 5.21. The van der Waals surface area contributed by atoms with Gasteiger partial charge in [-0.25, -0.2) is 4.98 Å². The standard InChI is InChI=1S/C15H10N4S/c1-10(15-18-6-7-19-15)20-14-4-5-17-13-3-2-11(9-16)8-12(13)14/h2-8H,1H2,(H,18,19). The Morgan fingerprint density at radius 1 is 1.25 bits per heavy atom. The summed E-state index contributed by atoms with van der Waals surface area (Å²) in [5.41, 5.74) is 1.48. The van der Waals surface area contributed by atoms with Crippen LogP contribution in [0.25, 0.3) is 15.8 Å². The van der Waals surface area contributed by atoms with Crippen molar-refractivity contribution in [3.05, 3.63) is 60.8 Å². The van der Waals surface area contributed by atoms with Crippen molar-refractivity contribution in [1.82, 2.24) is 15.0 Å². The van der Waals surface area contributed by atoms with Crippen LogP contribution in [0.2, 0.25) is 0 Å². The fourth-order valence-corrected chi connectivity index (χ4v) is 2.75. The van der Waals surface area contributed by atoms with Crippen molar-refractivity contribution in [3.8, 4) is 6.07 Å². The molecule has 0 aliphatic rings. The molecule has 20 heavy (non-hydrogen) atoms. The Labute approximate surface area is 120 Å². The Bertz CT molecular complexity index is 816. The van der Waals surface area contributed by atoms with Crippen molar-refractivity contribution in [2.75, 3.05) is 0 Å². The largest absolute Gasteiger partial charge is 0.344 e. The molecule has 5 heteroatoms. The van der Waals surface area contributed by atoms with Crippen LogP contribution in [0.3, 0.4) is 0 Å². The molecule has 0 aliphatic heterocycles. The highest BCUT2D eigenvalue weighted by atomic mass is 32.2. The number of imidazole rings is 1. The molecule has 1 N–H and O–H groups in total. The number of H-pyrrole nitrogens is 1. The number of nitrogens with zero attached hydrogens (tertiary/aromatic N) is 3. The molecule has 0 aliphatic carbocycles. The summed E-state index contributed by atoms with van der Waals surface area (Å²) in [4.78, 5) is 13.4. The van der Waals surface area contributed by atoms with E-state index in [1.807, 2.05) is 18.2 Å². The van der Waals surface area contributed by atoms with E-state index in [2.05, 4.69) is 27.6 Å². The molecule has 0 spiro atoms. The van der Waals surface area contributed by atoms with Crippen LogP contribution in [-0.4, -0.2) is 15.0 Å². The highest BCUT2D eigenvalue weighted by Crippen LogP contribution is 2.35. The number of hydrogen-bond acceptors (Lipinski definition) is 4. The van der Waals surface area contributed by atoms with Crippen LogP contribution in [0.1, 0.15) is 11.4 Å². The van der Waals surface area contributed by atoms with Crippen molar-refractivity contribution in [1.29, 1.82) is 5.26 Å². The number of pyridine rings is 1. The van der Waals surface area contributed by atoms with Crippen molar-refractivity contribution in [2.45, 2.75) is 4.90 Å². The van der Waals surface area contributed by atoms with Crippen LogP contribution in [0.15, 0.2) is 54.3 Å². The lowest BCUT2D eigenvalue weighted by atomic mass is 10.1. The van der Waals surface area contributed by atoms with Gasteiger partial charge in [0.2, 0.25) is 0 Å². The van der Waals surface area contributed by atoms with E-state index in [0.717, 1.165) is 26.5 Å². The Balaban J connectivity index is 2.03. The summed E-state index contributed by atoms with van der Waals surface area (Å²) in [5, 5.41) is 9.96. The van der Waals surface area contributed by atoms with Gasteiger partial charge in [0.15, 0.2) is 0 Å². The summed E-state index contributed by atoms with van der Waals surface area (Å²) in [6, 6.07) is 9.54. The molecular weight excluding hydrogens is 268 g/mol. The van der Waals surface area contributed by atoms with E-state index >= 15 is 0 Å². The van der Waals surface area contributed by atoms with Crippen LogP contribution in [-0.2, 0) is 0 Å². The zero-order valence-electron chi connectivity index (χ0n) is 10.5. The van der Waals surface area contributed by atoms with Gasteiger partial charge in [0, 0.05) is 33.8 Å². The second-order valence-electron chi connectivity index (χ2n) is 4.12. The quantitative estimate of drug-likeness (QED) is 0.743. The van der Waals surface area contributed by atoms with Crippen molar-refractivity contribution in [3.63, 3.8) is 0 Å². The first-order chi connectivity index (χ1) is 9.78. The number of hydrogen-bond donors (Lipinski definition) is 1. The molecule has 4 nitrogen and oxygen atoms in total. The van der Waals surface area contributed by atoms with Gasteiger partial charge >= 0.3 is 0 Å². The minimum Gasteiger partial charge on any atom is -0.344 e. The first-order valence-corrected chi connectivity index (χ1v) is 6.75. The summed E-state index contributed by atoms with van der Waals surface area (Å²) in [6.45, 7) is 4.03. The third-order valence-electron chi connectivity index (χ3n) is 2.83. The average molecular weight is 278 g/mol. The number of aromatic amines is 1. The van der Waals surface area contributed by atoms with Gasteiger partial charge in [-0.05, 0) is 24.3 Å². The molecule has 0 atom stereocenters. The van der Waals surface area contributed by atoms with Gasteiger partial charge in [0.25, 0.3) is 0 Å². The first-order valence-electron chi connectivity index (χ1n) is 5.93. The summed E-state index contributed by atoms with van der Waals surface area (Å²) >= 11 is 1.51. The van der Waals surface area contributed by atoms with Crippen LogP contribution in [0.4, 0.5) is 0 Å². The molecule has 0 saturated heterocycles. The topological polar surface area (TPSA) is 65.4 Å². The fourth-order valence-electron chi connectivity index (χ4n) is 1.88. The molecule has 0 amide bonds. The second kappa shape index (κ2) is 5.19. The Morgan fingerprint density at radius 2 is 2.15 bits per heavy atom. The summed E-state index contributed by atoms with van der Waals surface area (Å²) in [7, 11) is 0. The van der Waals surface area contributed by atoms with Crippen LogP contribution in [0.5, 0.6) is 0 Å². The molecule has 1 aromatic carbocycles. The predicted octanol–water partition coefficient (Wildman–Crippen LogP) is 3.59. The maximum absolute atomic E-state index is 9.01. The molecule has 2 aromatic heterocycles. The minimum absolute atomic E-state index is 0.621. The Hall–Kier alpha value is -2.58. The van der Waals surface area contributed by atoms with Crippen molar-refractivity contribution >= 4 is 27.6 Å². The number of rotatable bonds is 3. The molecule has 3 rings (SSSR count). The number of benzene rings is 1. The lowest BCUT2D eigenvalue weighted by Gasteiger charge is -2.06. The van der Waals surface area contributed by atoms with E-state index in [1.165, 1.54) is 11.8 Å². The molecule has 3 aromatic rings. The smallest absolute Gasteiger partial charge is 0.143 e. The number of fused-ring (bicyclic) bond motifs is 1. The molecular formula is C15H10N4S. The monoisotopic (exact) mass is 278 g/mol. The summed E-state index contributed by atoms with van der Waals surface area (Å²) in [5.74, 6) is 0.747. The van der Waals surface area contributed by atoms with Crippen LogP contribution in [0, 0.1) is 11.3 Å². The van der Waals surface area contributed by atoms with Crippen molar-refractivity contribution < 1.29 is 0 Å². The normalized spacial score (nSPS) is 10.3. The van der Waals surface area contributed by atoms with Gasteiger partial charge in [0.05, 0.1) is 17.1 Å². The van der Waals surface area contributed by atoms with E-state index in [-0.39, 0.29) is 0 Å².